The summed E-state index contributed by atoms with van der Waals surface area (Å²) in [7, 11) is 0. The Labute approximate surface area is 148 Å². The molecular formula is C17H19F4N3O2. The first kappa shape index (κ1) is 18.7. The standard InChI is InChI=1S/C17H19F4N3O2/c1-2-26-16(25)24-8-11(7-10-3-5-12(18)6-4-10)14-13(9-24)15(23-22-14)17(19,20)21/h3-7,13-15,22-23H,2,8-9H2,1H3/b11-7+. The highest BCUT2D eigenvalue weighted by molar-refractivity contribution is 5.69. The summed E-state index contributed by atoms with van der Waals surface area (Å²) in [6.07, 6.45) is -3.43. The molecule has 5 nitrogen and oxygen atoms in total. The van der Waals surface area contributed by atoms with Crippen molar-refractivity contribution in [3.05, 3.63) is 41.2 Å². The van der Waals surface area contributed by atoms with E-state index in [2.05, 4.69) is 10.9 Å². The summed E-state index contributed by atoms with van der Waals surface area (Å²) in [5.41, 5.74) is 6.24. The van der Waals surface area contributed by atoms with Gasteiger partial charge in [0.25, 0.3) is 0 Å². The molecule has 2 aliphatic heterocycles. The summed E-state index contributed by atoms with van der Waals surface area (Å²) in [6.45, 7) is 1.84. The number of benzene rings is 1. The lowest BCUT2D eigenvalue weighted by molar-refractivity contribution is -0.163. The SMILES string of the molecule is CCOC(=O)N1C/C(=C\c2ccc(F)cc2)C2NNC(C(F)(F)F)C2C1. The second-order valence-electron chi connectivity index (χ2n) is 6.30. The number of alkyl halides is 3. The van der Waals surface area contributed by atoms with E-state index >= 15 is 0 Å². The largest absolute Gasteiger partial charge is 0.450 e. The molecule has 3 atom stereocenters. The number of amides is 1. The number of rotatable bonds is 2. The van der Waals surface area contributed by atoms with Crippen LogP contribution in [0.5, 0.6) is 0 Å². The van der Waals surface area contributed by atoms with Crippen LogP contribution in [0.4, 0.5) is 22.4 Å². The minimum atomic E-state index is -4.45. The number of carbonyl (C=O) groups excluding carboxylic acids is 1. The monoisotopic (exact) mass is 373 g/mol. The fourth-order valence-electron chi connectivity index (χ4n) is 3.39. The van der Waals surface area contributed by atoms with Gasteiger partial charge in [-0.25, -0.2) is 20.0 Å². The molecule has 2 N–H and O–H groups in total. The zero-order valence-corrected chi connectivity index (χ0v) is 14.0. The van der Waals surface area contributed by atoms with E-state index in [1.807, 2.05) is 0 Å². The van der Waals surface area contributed by atoms with Gasteiger partial charge in [-0.3, -0.25) is 0 Å². The molecule has 26 heavy (non-hydrogen) atoms. The van der Waals surface area contributed by atoms with Crippen LogP contribution in [0.3, 0.4) is 0 Å². The zero-order valence-electron chi connectivity index (χ0n) is 14.0. The van der Waals surface area contributed by atoms with Crippen LogP contribution < -0.4 is 10.9 Å². The van der Waals surface area contributed by atoms with Crippen molar-refractivity contribution in [2.45, 2.75) is 25.2 Å². The molecule has 142 valence electrons. The average molecular weight is 373 g/mol. The van der Waals surface area contributed by atoms with Crippen molar-refractivity contribution in [1.29, 1.82) is 0 Å². The fourth-order valence-corrected chi connectivity index (χ4v) is 3.39. The smallest absolute Gasteiger partial charge is 0.410 e. The number of hydrazine groups is 1. The molecule has 3 rings (SSSR count). The Morgan fingerprint density at radius 1 is 1.31 bits per heavy atom. The molecule has 1 amide bonds. The van der Waals surface area contributed by atoms with Crippen LogP contribution >= 0.6 is 0 Å². The third-order valence-corrected chi connectivity index (χ3v) is 4.56. The second kappa shape index (κ2) is 7.24. The topological polar surface area (TPSA) is 53.6 Å². The van der Waals surface area contributed by atoms with E-state index in [0.29, 0.717) is 11.1 Å². The lowest BCUT2D eigenvalue weighted by atomic mass is 9.84. The number of carbonyl (C=O) groups is 1. The average Bonchev–Trinajstić information content (AvgIpc) is 3.01. The van der Waals surface area contributed by atoms with E-state index in [0.717, 1.165) is 0 Å². The second-order valence-corrected chi connectivity index (χ2v) is 6.30. The Balaban J connectivity index is 1.91. The Morgan fingerprint density at radius 2 is 2.00 bits per heavy atom. The van der Waals surface area contributed by atoms with Gasteiger partial charge < -0.3 is 9.64 Å². The molecule has 2 aliphatic rings. The van der Waals surface area contributed by atoms with Gasteiger partial charge in [0, 0.05) is 19.0 Å². The first-order valence-electron chi connectivity index (χ1n) is 8.25. The molecule has 9 heteroatoms. The van der Waals surface area contributed by atoms with Gasteiger partial charge in [-0.05, 0) is 30.2 Å². The van der Waals surface area contributed by atoms with Crippen LogP contribution in [-0.4, -0.2) is 48.9 Å². The van der Waals surface area contributed by atoms with Crippen molar-refractivity contribution >= 4 is 12.2 Å². The van der Waals surface area contributed by atoms with Gasteiger partial charge in [0.15, 0.2) is 0 Å². The summed E-state index contributed by atoms with van der Waals surface area (Å²) in [4.78, 5) is 13.4. The molecule has 0 spiro atoms. The van der Waals surface area contributed by atoms with Crippen molar-refractivity contribution in [2.24, 2.45) is 5.92 Å². The zero-order chi connectivity index (χ0) is 18.9. The lowest BCUT2D eigenvalue weighted by Gasteiger charge is -2.37. The highest BCUT2D eigenvalue weighted by Crippen LogP contribution is 2.36. The predicted octanol–water partition coefficient (Wildman–Crippen LogP) is 2.70. The maximum Gasteiger partial charge on any atom is 0.410 e. The third kappa shape index (κ3) is 3.83. The molecule has 0 aromatic heterocycles. The van der Waals surface area contributed by atoms with Crippen molar-refractivity contribution in [3.63, 3.8) is 0 Å². The molecule has 2 heterocycles. The number of likely N-dealkylation sites (tertiary alicyclic amines) is 1. The van der Waals surface area contributed by atoms with Gasteiger partial charge in [-0.2, -0.15) is 13.2 Å². The molecular weight excluding hydrogens is 354 g/mol. The highest BCUT2D eigenvalue weighted by atomic mass is 19.4. The van der Waals surface area contributed by atoms with Gasteiger partial charge >= 0.3 is 12.3 Å². The van der Waals surface area contributed by atoms with Crippen LogP contribution in [0.15, 0.2) is 29.8 Å². The van der Waals surface area contributed by atoms with E-state index in [9.17, 15) is 22.4 Å². The van der Waals surface area contributed by atoms with E-state index in [1.165, 1.54) is 29.2 Å². The summed E-state index contributed by atoms with van der Waals surface area (Å²) in [6, 6.07) is 3.25. The number of nitrogens with one attached hydrogen (secondary N) is 2. The maximum absolute atomic E-state index is 13.3. The molecule has 0 saturated carbocycles. The molecule has 2 fully saturated rings. The van der Waals surface area contributed by atoms with Gasteiger partial charge in [-0.1, -0.05) is 18.2 Å². The molecule has 1 aromatic carbocycles. The highest BCUT2D eigenvalue weighted by Gasteiger charge is 2.54. The predicted molar refractivity (Wildman–Crippen MR) is 86.4 cm³/mol. The number of ether oxygens (including phenoxy) is 1. The Kier molecular flexibility index (Phi) is 5.19. The minimum Gasteiger partial charge on any atom is -0.450 e. The van der Waals surface area contributed by atoms with E-state index in [4.69, 9.17) is 4.74 Å². The van der Waals surface area contributed by atoms with Crippen LogP contribution in [0.1, 0.15) is 12.5 Å². The van der Waals surface area contributed by atoms with Gasteiger partial charge in [0.2, 0.25) is 0 Å². The molecule has 0 aliphatic carbocycles. The maximum atomic E-state index is 13.3. The van der Waals surface area contributed by atoms with Crippen LogP contribution in [0.25, 0.3) is 6.08 Å². The van der Waals surface area contributed by atoms with Crippen molar-refractivity contribution in [3.8, 4) is 0 Å². The number of hydrogen-bond acceptors (Lipinski definition) is 4. The number of fused-ring (bicyclic) bond motifs is 1. The van der Waals surface area contributed by atoms with Crippen LogP contribution in [0.2, 0.25) is 0 Å². The summed E-state index contributed by atoms with van der Waals surface area (Å²) >= 11 is 0. The van der Waals surface area contributed by atoms with Crippen molar-refractivity contribution < 1.29 is 27.1 Å². The minimum absolute atomic E-state index is 0.0750. The lowest BCUT2D eigenvalue weighted by Crippen LogP contribution is -2.52. The molecule has 2 saturated heterocycles. The molecule has 0 radical (unpaired) electrons. The van der Waals surface area contributed by atoms with E-state index < -0.39 is 36.1 Å². The number of nitrogens with zero attached hydrogens (tertiary/aromatic N) is 1. The Morgan fingerprint density at radius 3 is 2.62 bits per heavy atom. The van der Waals surface area contributed by atoms with Gasteiger partial charge in [-0.15, -0.1) is 0 Å². The molecule has 1 aromatic rings. The third-order valence-electron chi connectivity index (χ3n) is 4.56. The Bertz CT molecular complexity index is 690. The van der Waals surface area contributed by atoms with Gasteiger partial charge in [0.1, 0.15) is 11.9 Å². The first-order chi connectivity index (χ1) is 12.3. The Hall–Kier alpha value is -2.13. The van der Waals surface area contributed by atoms with Crippen molar-refractivity contribution in [2.75, 3.05) is 19.7 Å². The molecule has 0 bridgehead atoms. The number of halogens is 4. The van der Waals surface area contributed by atoms with E-state index in [-0.39, 0.29) is 19.7 Å². The van der Waals surface area contributed by atoms with E-state index in [1.54, 1.807) is 13.0 Å². The summed E-state index contributed by atoms with van der Waals surface area (Å²) in [5.74, 6) is -1.29. The van der Waals surface area contributed by atoms with Crippen LogP contribution in [0, 0.1) is 11.7 Å². The molecule has 3 unspecified atom stereocenters. The quantitative estimate of drug-likeness (QED) is 0.783. The summed E-state index contributed by atoms with van der Waals surface area (Å²) in [5, 5.41) is 0. The number of piperidine rings is 1. The van der Waals surface area contributed by atoms with Gasteiger partial charge in [0.05, 0.1) is 12.6 Å². The fraction of sp³-hybridized carbons (Fsp3) is 0.471. The number of hydrogen-bond donors (Lipinski definition) is 2. The van der Waals surface area contributed by atoms with Crippen molar-refractivity contribution in [1.82, 2.24) is 15.8 Å². The first-order valence-corrected chi connectivity index (χ1v) is 8.25. The summed E-state index contributed by atoms with van der Waals surface area (Å²) < 4.78 is 58.0. The van der Waals surface area contributed by atoms with Crippen LogP contribution in [-0.2, 0) is 4.74 Å². The normalized spacial score (nSPS) is 27.5.